The molecule has 0 amide bonds. The van der Waals surface area contributed by atoms with E-state index in [1.54, 1.807) is 12.1 Å². The van der Waals surface area contributed by atoms with E-state index >= 15 is 0 Å². The minimum atomic E-state index is -3.47. The van der Waals surface area contributed by atoms with Crippen molar-refractivity contribution in [1.29, 1.82) is 0 Å². The van der Waals surface area contributed by atoms with Gasteiger partial charge in [-0.1, -0.05) is 26.2 Å². The second kappa shape index (κ2) is 6.45. The standard InChI is InChI=1S/C14H21BrN2O2S/c1-10-4-2-3-5-11(10)9-17-20(18,19)12-6-7-13(15)14(16)8-12/h6-8,10-11,17H,2-5,9,16H2,1H3. The second-order valence-electron chi connectivity index (χ2n) is 5.56. The second-order valence-corrected chi connectivity index (χ2v) is 8.18. The zero-order valence-electron chi connectivity index (χ0n) is 11.6. The number of benzene rings is 1. The molecule has 0 heterocycles. The van der Waals surface area contributed by atoms with Gasteiger partial charge in [-0.2, -0.15) is 0 Å². The number of hydrogen-bond acceptors (Lipinski definition) is 3. The molecule has 2 atom stereocenters. The van der Waals surface area contributed by atoms with E-state index in [9.17, 15) is 8.42 Å². The first-order chi connectivity index (χ1) is 9.40. The van der Waals surface area contributed by atoms with Crippen molar-refractivity contribution in [3.8, 4) is 0 Å². The van der Waals surface area contributed by atoms with E-state index in [2.05, 4.69) is 27.6 Å². The average molecular weight is 361 g/mol. The zero-order chi connectivity index (χ0) is 14.8. The molecule has 2 rings (SSSR count). The quantitative estimate of drug-likeness (QED) is 0.810. The van der Waals surface area contributed by atoms with Crippen LogP contribution in [0.1, 0.15) is 32.6 Å². The molecule has 1 saturated carbocycles. The minimum absolute atomic E-state index is 0.224. The molecule has 112 valence electrons. The minimum Gasteiger partial charge on any atom is -0.398 e. The lowest BCUT2D eigenvalue weighted by Gasteiger charge is -2.28. The molecule has 1 aliphatic carbocycles. The maximum Gasteiger partial charge on any atom is 0.240 e. The Hall–Kier alpha value is -0.590. The summed E-state index contributed by atoms with van der Waals surface area (Å²) in [6.45, 7) is 2.72. The van der Waals surface area contributed by atoms with E-state index in [1.165, 1.54) is 25.3 Å². The Morgan fingerprint density at radius 2 is 2.05 bits per heavy atom. The highest BCUT2D eigenvalue weighted by atomic mass is 79.9. The summed E-state index contributed by atoms with van der Waals surface area (Å²) in [6, 6.07) is 4.71. The summed E-state index contributed by atoms with van der Waals surface area (Å²) in [4.78, 5) is 0.224. The van der Waals surface area contributed by atoms with E-state index in [0.717, 1.165) is 6.42 Å². The van der Waals surface area contributed by atoms with Crippen molar-refractivity contribution < 1.29 is 8.42 Å². The molecular formula is C14H21BrN2O2S. The molecule has 2 unspecified atom stereocenters. The zero-order valence-corrected chi connectivity index (χ0v) is 14.0. The Bertz CT molecular complexity index is 575. The van der Waals surface area contributed by atoms with E-state index in [1.807, 2.05) is 0 Å². The fraction of sp³-hybridized carbons (Fsp3) is 0.571. The van der Waals surface area contributed by atoms with Gasteiger partial charge in [-0.15, -0.1) is 0 Å². The van der Waals surface area contributed by atoms with Crippen LogP contribution in [0.15, 0.2) is 27.6 Å². The van der Waals surface area contributed by atoms with Crippen LogP contribution < -0.4 is 10.5 Å². The van der Waals surface area contributed by atoms with Crippen LogP contribution in [0.3, 0.4) is 0 Å². The lowest BCUT2D eigenvalue weighted by molar-refractivity contribution is 0.257. The number of nitrogens with one attached hydrogen (secondary N) is 1. The first-order valence-electron chi connectivity index (χ1n) is 6.95. The first kappa shape index (κ1) is 15.8. The van der Waals surface area contributed by atoms with Gasteiger partial charge in [0.05, 0.1) is 4.90 Å². The van der Waals surface area contributed by atoms with E-state index in [0.29, 0.717) is 28.5 Å². The molecule has 0 saturated heterocycles. The van der Waals surface area contributed by atoms with Crippen molar-refractivity contribution in [2.75, 3.05) is 12.3 Å². The summed E-state index contributed by atoms with van der Waals surface area (Å²) >= 11 is 3.27. The lowest BCUT2D eigenvalue weighted by atomic mass is 9.81. The van der Waals surface area contributed by atoms with Crippen LogP contribution in [0.4, 0.5) is 5.69 Å². The highest BCUT2D eigenvalue weighted by Crippen LogP contribution is 2.29. The number of nitrogen functional groups attached to an aromatic ring is 1. The van der Waals surface area contributed by atoms with Crippen LogP contribution in [0.25, 0.3) is 0 Å². The van der Waals surface area contributed by atoms with Crippen molar-refractivity contribution in [2.24, 2.45) is 11.8 Å². The van der Waals surface area contributed by atoms with Crippen LogP contribution in [-0.4, -0.2) is 15.0 Å². The van der Waals surface area contributed by atoms with Crippen LogP contribution in [0.5, 0.6) is 0 Å². The van der Waals surface area contributed by atoms with Crippen LogP contribution in [0.2, 0.25) is 0 Å². The molecule has 0 aromatic heterocycles. The molecule has 0 aliphatic heterocycles. The van der Waals surface area contributed by atoms with Gasteiger partial charge in [0.2, 0.25) is 10.0 Å². The fourth-order valence-corrected chi connectivity index (χ4v) is 4.06. The third-order valence-corrected chi connectivity index (χ3v) is 6.25. The van der Waals surface area contributed by atoms with Crippen molar-refractivity contribution in [3.05, 3.63) is 22.7 Å². The van der Waals surface area contributed by atoms with Crippen molar-refractivity contribution in [2.45, 2.75) is 37.5 Å². The van der Waals surface area contributed by atoms with E-state index in [4.69, 9.17) is 5.73 Å². The number of rotatable bonds is 4. The predicted octanol–water partition coefficient (Wildman–Crippen LogP) is 3.14. The molecule has 4 nitrogen and oxygen atoms in total. The molecule has 20 heavy (non-hydrogen) atoms. The average Bonchev–Trinajstić information content (AvgIpc) is 2.41. The highest BCUT2D eigenvalue weighted by molar-refractivity contribution is 9.10. The molecule has 1 aromatic carbocycles. The molecule has 6 heteroatoms. The molecule has 1 aromatic rings. The Balaban J connectivity index is 2.05. The molecule has 1 fully saturated rings. The smallest absolute Gasteiger partial charge is 0.240 e. The van der Waals surface area contributed by atoms with Gasteiger partial charge in [0.25, 0.3) is 0 Å². The largest absolute Gasteiger partial charge is 0.398 e. The lowest BCUT2D eigenvalue weighted by Crippen LogP contribution is -2.33. The molecule has 0 bridgehead atoms. The summed E-state index contributed by atoms with van der Waals surface area (Å²) in [6.07, 6.45) is 4.75. The summed E-state index contributed by atoms with van der Waals surface area (Å²) in [5.41, 5.74) is 6.17. The summed E-state index contributed by atoms with van der Waals surface area (Å²) in [5.74, 6) is 1.02. The summed E-state index contributed by atoms with van der Waals surface area (Å²) in [7, 11) is -3.47. The predicted molar refractivity (Wildman–Crippen MR) is 84.9 cm³/mol. The van der Waals surface area contributed by atoms with Crippen LogP contribution in [-0.2, 0) is 10.0 Å². The Morgan fingerprint density at radius 3 is 2.70 bits per heavy atom. The maximum absolute atomic E-state index is 12.3. The Kier molecular flexibility index (Phi) is 5.09. The third kappa shape index (κ3) is 3.74. The van der Waals surface area contributed by atoms with Gasteiger partial charge in [0, 0.05) is 16.7 Å². The maximum atomic E-state index is 12.3. The fourth-order valence-electron chi connectivity index (χ4n) is 2.69. The van der Waals surface area contributed by atoms with Crippen molar-refractivity contribution in [1.82, 2.24) is 4.72 Å². The molecule has 1 aliphatic rings. The van der Waals surface area contributed by atoms with Gasteiger partial charge < -0.3 is 5.73 Å². The first-order valence-corrected chi connectivity index (χ1v) is 9.22. The number of hydrogen-bond donors (Lipinski definition) is 2. The third-order valence-electron chi connectivity index (χ3n) is 4.10. The topological polar surface area (TPSA) is 72.2 Å². The summed E-state index contributed by atoms with van der Waals surface area (Å²) < 4.78 is 28.0. The molecular weight excluding hydrogens is 340 g/mol. The highest BCUT2D eigenvalue weighted by Gasteiger charge is 2.23. The van der Waals surface area contributed by atoms with Crippen LogP contribution >= 0.6 is 15.9 Å². The van der Waals surface area contributed by atoms with Gasteiger partial charge in [-0.25, -0.2) is 13.1 Å². The van der Waals surface area contributed by atoms with Crippen LogP contribution in [0, 0.1) is 11.8 Å². The van der Waals surface area contributed by atoms with Gasteiger partial charge in [-0.3, -0.25) is 0 Å². The van der Waals surface area contributed by atoms with Gasteiger partial charge in [0.15, 0.2) is 0 Å². The van der Waals surface area contributed by atoms with Gasteiger partial charge >= 0.3 is 0 Å². The van der Waals surface area contributed by atoms with Gasteiger partial charge in [0.1, 0.15) is 0 Å². The van der Waals surface area contributed by atoms with Gasteiger partial charge in [-0.05, 0) is 52.4 Å². The van der Waals surface area contributed by atoms with Crippen molar-refractivity contribution >= 4 is 31.6 Å². The molecule has 0 spiro atoms. The number of halogens is 1. The van der Waals surface area contributed by atoms with E-state index in [-0.39, 0.29) is 4.90 Å². The number of anilines is 1. The van der Waals surface area contributed by atoms with Crippen molar-refractivity contribution in [3.63, 3.8) is 0 Å². The molecule has 3 N–H and O–H groups in total. The van der Waals surface area contributed by atoms with E-state index < -0.39 is 10.0 Å². The molecule has 0 radical (unpaired) electrons. The Morgan fingerprint density at radius 1 is 1.35 bits per heavy atom. The monoisotopic (exact) mass is 360 g/mol. The number of nitrogens with two attached hydrogens (primary N) is 1. The summed E-state index contributed by atoms with van der Waals surface area (Å²) in [5, 5.41) is 0. The normalized spacial score (nSPS) is 23.7. The SMILES string of the molecule is CC1CCCCC1CNS(=O)(=O)c1ccc(Br)c(N)c1. The number of sulfonamides is 1. The Labute approximate surface area is 129 Å².